The Morgan fingerprint density at radius 2 is 1.84 bits per heavy atom. The molecule has 0 bridgehead atoms. The zero-order valence-electron chi connectivity index (χ0n) is 14.0. The maximum Gasteiger partial charge on any atom is 0.253 e. The summed E-state index contributed by atoms with van der Waals surface area (Å²) in [6, 6.07) is 10.7. The van der Waals surface area contributed by atoms with E-state index in [1.807, 2.05) is 0 Å². The molecule has 0 radical (unpaired) electrons. The lowest BCUT2D eigenvalue weighted by atomic mass is 10.1. The fourth-order valence-corrected chi connectivity index (χ4v) is 3.07. The number of nitrogens with one attached hydrogen (secondary N) is 3. The van der Waals surface area contributed by atoms with Gasteiger partial charge in [0.2, 0.25) is 10.0 Å². The van der Waals surface area contributed by atoms with Gasteiger partial charge in [0.15, 0.2) is 0 Å². The number of hydrogen-bond donors (Lipinski definition) is 3. The Hall–Kier alpha value is -2.45. The Bertz CT molecular complexity index is 869. The molecule has 2 rings (SSSR count). The van der Waals surface area contributed by atoms with E-state index in [0.717, 1.165) is 0 Å². The van der Waals surface area contributed by atoms with Crippen molar-refractivity contribution >= 4 is 21.6 Å². The van der Waals surface area contributed by atoms with Crippen molar-refractivity contribution in [1.82, 2.24) is 10.0 Å². The number of amides is 1. The zero-order valence-corrected chi connectivity index (χ0v) is 14.8. The molecule has 2 aromatic rings. The minimum Gasteiger partial charge on any atom is -0.384 e. The topological polar surface area (TPSA) is 87.3 Å². The van der Waals surface area contributed by atoms with Gasteiger partial charge in [-0.2, -0.15) is 0 Å². The molecule has 0 aliphatic heterocycles. The molecule has 134 valence electrons. The van der Waals surface area contributed by atoms with E-state index in [1.54, 1.807) is 18.2 Å². The Morgan fingerprint density at radius 1 is 1.12 bits per heavy atom. The van der Waals surface area contributed by atoms with Gasteiger partial charge in [0.05, 0.1) is 10.5 Å². The number of rotatable bonds is 7. The quantitative estimate of drug-likeness (QED) is 0.698. The minimum absolute atomic E-state index is 0.00625. The molecule has 2 aromatic carbocycles. The third-order valence-electron chi connectivity index (χ3n) is 3.71. The van der Waals surface area contributed by atoms with E-state index in [1.165, 1.54) is 38.4 Å². The number of benzene rings is 2. The Morgan fingerprint density at radius 3 is 2.48 bits per heavy atom. The molecule has 0 unspecified atom stereocenters. The van der Waals surface area contributed by atoms with Crippen LogP contribution in [0.4, 0.5) is 10.1 Å². The van der Waals surface area contributed by atoms with E-state index in [4.69, 9.17) is 0 Å². The molecule has 0 aliphatic carbocycles. The van der Waals surface area contributed by atoms with Crippen molar-refractivity contribution in [3.05, 3.63) is 59.4 Å². The molecular formula is C17H20FN3O3S. The fourth-order valence-electron chi connectivity index (χ4n) is 2.32. The number of sulfonamides is 1. The van der Waals surface area contributed by atoms with Crippen molar-refractivity contribution in [3.8, 4) is 0 Å². The summed E-state index contributed by atoms with van der Waals surface area (Å²) in [7, 11) is -0.892. The predicted octanol–water partition coefficient (Wildman–Crippen LogP) is 1.75. The minimum atomic E-state index is -3.66. The number of anilines is 1. The second-order valence-electron chi connectivity index (χ2n) is 5.26. The van der Waals surface area contributed by atoms with Crippen LogP contribution in [0, 0.1) is 5.82 Å². The van der Waals surface area contributed by atoms with E-state index in [-0.39, 0.29) is 16.3 Å². The van der Waals surface area contributed by atoms with Crippen molar-refractivity contribution in [2.24, 2.45) is 0 Å². The van der Waals surface area contributed by atoms with Gasteiger partial charge < -0.3 is 10.6 Å². The summed E-state index contributed by atoms with van der Waals surface area (Å²) in [6.07, 6.45) is 0.427. The van der Waals surface area contributed by atoms with Crippen molar-refractivity contribution < 1.29 is 17.6 Å². The largest absolute Gasteiger partial charge is 0.384 e. The third kappa shape index (κ3) is 4.55. The predicted molar refractivity (Wildman–Crippen MR) is 94.7 cm³/mol. The van der Waals surface area contributed by atoms with Gasteiger partial charge in [0, 0.05) is 19.3 Å². The molecule has 0 aliphatic rings. The lowest BCUT2D eigenvalue weighted by molar-refractivity contribution is 0.0963. The first-order valence-electron chi connectivity index (χ1n) is 7.66. The van der Waals surface area contributed by atoms with Crippen LogP contribution in [0.25, 0.3) is 0 Å². The molecule has 3 N–H and O–H groups in total. The van der Waals surface area contributed by atoms with Gasteiger partial charge in [-0.15, -0.1) is 0 Å². The SMILES string of the molecule is CNC(=O)c1cc(S(=O)(=O)NC)ccc1NCCc1ccccc1F. The average Bonchev–Trinajstić information content (AvgIpc) is 2.62. The maximum absolute atomic E-state index is 13.6. The van der Waals surface area contributed by atoms with Crippen molar-refractivity contribution in [1.29, 1.82) is 0 Å². The van der Waals surface area contributed by atoms with Crippen LogP contribution in [0.15, 0.2) is 47.4 Å². The first-order chi connectivity index (χ1) is 11.9. The van der Waals surface area contributed by atoms with Crippen LogP contribution in [0.1, 0.15) is 15.9 Å². The van der Waals surface area contributed by atoms with Gasteiger partial charge in [-0.05, 0) is 43.3 Å². The number of hydrogen-bond acceptors (Lipinski definition) is 4. The molecular weight excluding hydrogens is 345 g/mol. The molecule has 0 spiro atoms. The maximum atomic E-state index is 13.6. The Kier molecular flexibility index (Phi) is 6.11. The molecule has 0 aromatic heterocycles. The van der Waals surface area contributed by atoms with Gasteiger partial charge in [-0.3, -0.25) is 4.79 Å². The van der Waals surface area contributed by atoms with Gasteiger partial charge >= 0.3 is 0 Å². The van der Waals surface area contributed by atoms with Gasteiger partial charge in [-0.25, -0.2) is 17.5 Å². The van der Waals surface area contributed by atoms with Crippen molar-refractivity contribution in [2.75, 3.05) is 26.0 Å². The monoisotopic (exact) mass is 365 g/mol. The lowest BCUT2D eigenvalue weighted by Crippen LogP contribution is -2.23. The van der Waals surface area contributed by atoms with Crippen LogP contribution < -0.4 is 15.4 Å². The molecule has 0 saturated heterocycles. The summed E-state index contributed by atoms with van der Waals surface area (Å²) in [4.78, 5) is 12.1. The molecule has 0 fully saturated rings. The average molecular weight is 365 g/mol. The molecule has 0 heterocycles. The van der Waals surface area contributed by atoms with Crippen LogP contribution in [0.5, 0.6) is 0 Å². The standard InChI is InChI=1S/C17H20FN3O3S/c1-19-17(22)14-11-13(25(23,24)20-2)7-8-16(14)21-10-9-12-5-3-4-6-15(12)18/h3-8,11,20-21H,9-10H2,1-2H3,(H,19,22). The number of carbonyl (C=O) groups is 1. The van der Waals surface area contributed by atoms with Crippen LogP contribution in [-0.4, -0.2) is 35.0 Å². The highest BCUT2D eigenvalue weighted by Gasteiger charge is 2.17. The highest BCUT2D eigenvalue weighted by Crippen LogP contribution is 2.21. The number of halogens is 1. The molecule has 25 heavy (non-hydrogen) atoms. The van der Waals surface area contributed by atoms with E-state index < -0.39 is 15.9 Å². The second-order valence-corrected chi connectivity index (χ2v) is 7.15. The summed E-state index contributed by atoms with van der Waals surface area (Å²) in [6.45, 7) is 0.392. The smallest absolute Gasteiger partial charge is 0.253 e. The summed E-state index contributed by atoms with van der Waals surface area (Å²) < 4.78 is 39.7. The Labute approximate surface area is 146 Å². The van der Waals surface area contributed by atoms with E-state index in [0.29, 0.717) is 24.2 Å². The molecule has 6 nitrogen and oxygen atoms in total. The third-order valence-corrected chi connectivity index (χ3v) is 5.12. The zero-order chi connectivity index (χ0) is 18.4. The van der Waals surface area contributed by atoms with Crippen LogP contribution in [0.2, 0.25) is 0 Å². The van der Waals surface area contributed by atoms with Crippen LogP contribution in [0.3, 0.4) is 0 Å². The molecule has 8 heteroatoms. The van der Waals surface area contributed by atoms with Crippen molar-refractivity contribution in [2.45, 2.75) is 11.3 Å². The second kappa shape index (κ2) is 8.09. The first kappa shape index (κ1) is 18.9. The summed E-state index contributed by atoms with van der Waals surface area (Å²) >= 11 is 0. The molecule has 1 amide bonds. The highest BCUT2D eigenvalue weighted by atomic mass is 32.2. The normalized spacial score (nSPS) is 11.2. The fraction of sp³-hybridized carbons (Fsp3) is 0.235. The summed E-state index contributed by atoms with van der Waals surface area (Å²) in [5.74, 6) is -0.701. The highest BCUT2D eigenvalue weighted by molar-refractivity contribution is 7.89. The van der Waals surface area contributed by atoms with E-state index >= 15 is 0 Å². The van der Waals surface area contributed by atoms with Gasteiger partial charge in [0.25, 0.3) is 5.91 Å². The van der Waals surface area contributed by atoms with Gasteiger partial charge in [-0.1, -0.05) is 18.2 Å². The van der Waals surface area contributed by atoms with Crippen LogP contribution in [-0.2, 0) is 16.4 Å². The van der Waals surface area contributed by atoms with E-state index in [9.17, 15) is 17.6 Å². The number of carbonyl (C=O) groups excluding carboxylic acids is 1. The van der Waals surface area contributed by atoms with E-state index in [2.05, 4.69) is 15.4 Å². The molecule has 0 atom stereocenters. The lowest BCUT2D eigenvalue weighted by Gasteiger charge is -2.13. The van der Waals surface area contributed by atoms with Crippen LogP contribution >= 0.6 is 0 Å². The van der Waals surface area contributed by atoms with Crippen molar-refractivity contribution in [3.63, 3.8) is 0 Å². The first-order valence-corrected chi connectivity index (χ1v) is 9.14. The summed E-state index contributed by atoms with van der Waals surface area (Å²) in [5.41, 5.74) is 1.24. The molecule has 0 saturated carbocycles. The summed E-state index contributed by atoms with van der Waals surface area (Å²) in [5, 5.41) is 5.54. The van der Waals surface area contributed by atoms with Gasteiger partial charge in [0.1, 0.15) is 5.82 Å². The Balaban J connectivity index is 2.22.